The molecule has 0 heterocycles. The molecule has 0 fully saturated rings. The number of fused-ring (bicyclic) bond motifs is 2. The van der Waals surface area contributed by atoms with Crippen molar-refractivity contribution in [2.24, 2.45) is 0 Å². The van der Waals surface area contributed by atoms with Gasteiger partial charge in [0.15, 0.2) is 0 Å². The van der Waals surface area contributed by atoms with Gasteiger partial charge in [-0.3, -0.25) is 0 Å². The van der Waals surface area contributed by atoms with Gasteiger partial charge in [0.1, 0.15) is 0 Å². The number of nitrogens with zero attached hydrogens (tertiary/aromatic N) is 2. The molecule has 0 saturated heterocycles. The zero-order valence-corrected chi connectivity index (χ0v) is 42.4. The number of benzene rings is 6. The standard InChI is InChI=1S/C61H73ClN2/c1-40-33-51-53(61(14,15)32-31-59(51,10)11)39-55(40)63(45-24-21-42(22-25-45)56(2,3)4)47-35-44(62)36-48(37-47)64(46-26-27-50-52(38-46)60(12,13)30-29-58(50,8)9)54-28-23-43(57(5,6)7)34-49(54)41-19-17-16-18-20-41/h16-28,33-39H,29-32H2,1-15H3. The zero-order chi connectivity index (χ0) is 46.4. The van der Waals surface area contributed by atoms with Crippen LogP contribution in [0.5, 0.6) is 0 Å². The predicted molar refractivity (Wildman–Crippen MR) is 279 cm³/mol. The van der Waals surface area contributed by atoms with Crippen LogP contribution >= 0.6 is 11.6 Å². The topological polar surface area (TPSA) is 6.48 Å². The zero-order valence-electron chi connectivity index (χ0n) is 41.6. The summed E-state index contributed by atoms with van der Waals surface area (Å²) in [5.41, 5.74) is 18.9. The van der Waals surface area contributed by atoms with E-state index in [4.69, 9.17) is 11.6 Å². The van der Waals surface area contributed by atoms with Gasteiger partial charge in [-0.1, -0.05) is 169 Å². The van der Waals surface area contributed by atoms with Crippen LogP contribution in [-0.4, -0.2) is 0 Å². The average Bonchev–Trinajstić information content (AvgIpc) is 3.22. The molecule has 64 heavy (non-hydrogen) atoms. The summed E-state index contributed by atoms with van der Waals surface area (Å²) in [5.74, 6) is 0. The highest BCUT2D eigenvalue weighted by molar-refractivity contribution is 6.31. The molecule has 6 aromatic rings. The SMILES string of the molecule is Cc1cc2c(cc1N(c1ccc(C(C)(C)C)cc1)c1cc(Cl)cc(N(c3ccc4c(c3)C(C)(C)CCC4(C)C)c3ccc(C(C)(C)C)cc3-c3ccccc3)c1)C(C)(C)CCC2(C)C. The molecule has 0 unspecified atom stereocenters. The third-order valence-electron chi connectivity index (χ3n) is 15.1. The molecule has 6 aromatic carbocycles. The van der Waals surface area contributed by atoms with Crippen molar-refractivity contribution in [3.63, 3.8) is 0 Å². The monoisotopic (exact) mass is 869 g/mol. The lowest BCUT2D eigenvalue weighted by molar-refractivity contribution is 0.332. The summed E-state index contributed by atoms with van der Waals surface area (Å²) in [7, 11) is 0. The molecule has 8 rings (SSSR count). The minimum atomic E-state index is -0.0307. The minimum Gasteiger partial charge on any atom is -0.310 e. The van der Waals surface area contributed by atoms with Crippen molar-refractivity contribution in [3.05, 3.63) is 165 Å². The van der Waals surface area contributed by atoms with Crippen molar-refractivity contribution in [2.75, 3.05) is 9.80 Å². The van der Waals surface area contributed by atoms with Crippen molar-refractivity contribution >= 4 is 45.7 Å². The fourth-order valence-electron chi connectivity index (χ4n) is 10.5. The molecular weight excluding hydrogens is 796 g/mol. The van der Waals surface area contributed by atoms with Crippen LogP contribution in [0.2, 0.25) is 5.02 Å². The number of rotatable bonds is 7. The molecule has 0 spiro atoms. The lowest BCUT2D eigenvalue weighted by Crippen LogP contribution is -2.34. The lowest BCUT2D eigenvalue weighted by Gasteiger charge is -2.43. The first kappa shape index (κ1) is 45.8. The van der Waals surface area contributed by atoms with Gasteiger partial charge >= 0.3 is 0 Å². The molecule has 334 valence electrons. The van der Waals surface area contributed by atoms with Gasteiger partial charge in [0, 0.05) is 39.0 Å². The van der Waals surface area contributed by atoms with Gasteiger partial charge < -0.3 is 9.80 Å². The Balaban J connectivity index is 1.42. The third-order valence-corrected chi connectivity index (χ3v) is 15.3. The fourth-order valence-corrected chi connectivity index (χ4v) is 10.7. The molecule has 0 aromatic heterocycles. The van der Waals surface area contributed by atoms with Crippen molar-refractivity contribution < 1.29 is 0 Å². The second kappa shape index (κ2) is 16.0. The van der Waals surface area contributed by atoms with Gasteiger partial charge in [0.2, 0.25) is 0 Å². The van der Waals surface area contributed by atoms with Crippen LogP contribution in [0.4, 0.5) is 34.1 Å². The maximum atomic E-state index is 7.50. The van der Waals surface area contributed by atoms with Crippen molar-refractivity contribution in [2.45, 2.75) is 162 Å². The average molecular weight is 870 g/mol. The number of anilines is 6. The summed E-state index contributed by atoms with van der Waals surface area (Å²) in [5, 5.41) is 0.692. The highest BCUT2D eigenvalue weighted by Crippen LogP contribution is 2.53. The molecule has 3 heteroatoms. The molecule has 0 amide bonds. The molecule has 2 aliphatic carbocycles. The van der Waals surface area contributed by atoms with Gasteiger partial charge in [0.25, 0.3) is 0 Å². The summed E-state index contributed by atoms with van der Waals surface area (Å²) in [4.78, 5) is 4.95. The normalized spacial score (nSPS) is 17.3. The van der Waals surface area contributed by atoms with Crippen LogP contribution in [0.1, 0.15) is 162 Å². The van der Waals surface area contributed by atoms with E-state index in [1.807, 2.05) is 0 Å². The summed E-state index contributed by atoms with van der Waals surface area (Å²) in [6.07, 6.45) is 4.64. The number of halogens is 1. The van der Waals surface area contributed by atoms with E-state index in [0.717, 1.165) is 41.3 Å². The van der Waals surface area contributed by atoms with E-state index in [2.05, 4.69) is 235 Å². The van der Waals surface area contributed by atoms with Crippen LogP contribution in [0.3, 0.4) is 0 Å². The second-order valence-electron chi connectivity index (χ2n) is 23.9. The largest absolute Gasteiger partial charge is 0.310 e. The number of hydrogen-bond acceptors (Lipinski definition) is 2. The quantitative estimate of drug-likeness (QED) is 0.158. The third kappa shape index (κ3) is 8.57. The summed E-state index contributed by atoms with van der Waals surface area (Å²) in [6.45, 7) is 35.4. The van der Waals surface area contributed by atoms with E-state index in [0.29, 0.717) is 5.02 Å². The van der Waals surface area contributed by atoms with Crippen LogP contribution in [-0.2, 0) is 32.5 Å². The van der Waals surface area contributed by atoms with Crippen molar-refractivity contribution in [1.82, 2.24) is 0 Å². The Morgan fingerprint density at radius 3 is 1.44 bits per heavy atom. The minimum absolute atomic E-state index is 0.0298. The Labute approximate surface area is 392 Å². The van der Waals surface area contributed by atoms with E-state index < -0.39 is 0 Å². The Morgan fingerprint density at radius 1 is 0.422 bits per heavy atom. The Hall–Kier alpha value is -4.79. The maximum Gasteiger partial charge on any atom is 0.0540 e. The summed E-state index contributed by atoms with van der Waals surface area (Å²) >= 11 is 7.50. The van der Waals surface area contributed by atoms with Gasteiger partial charge in [0.05, 0.1) is 5.69 Å². The highest BCUT2D eigenvalue weighted by atomic mass is 35.5. The smallest absolute Gasteiger partial charge is 0.0540 e. The van der Waals surface area contributed by atoms with E-state index in [-0.39, 0.29) is 32.5 Å². The molecule has 0 N–H and O–H groups in total. The molecule has 0 bridgehead atoms. The number of hydrogen-bond donors (Lipinski definition) is 0. The van der Waals surface area contributed by atoms with E-state index in [1.165, 1.54) is 68.6 Å². The first-order valence-electron chi connectivity index (χ1n) is 23.8. The Bertz CT molecular complexity index is 2700. The number of aryl methyl sites for hydroxylation is 1. The molecule has 2 aliphatic rings. The Morgan fingerprint density at radius 2 is 0.891 bits per heavy atom. The van der Waals surface area contributed by atoms with Crippen LogP contribution < -0.4 is 9.80 Å². The molecule has 0 atom stereocenters. The van der Waals surface area contributed by atoms with E-state index in [1.54, 1.807) is 0 Å². The highest BCUT2D eigenvalue weighted by Gasteiger charge is 2.39. The molecular formula is C61H73ClN2. The molecule has 0 saturated carbocycles. The van der Waals surface area contributed by atoms with Crippen LogP contribution in [0, 0.1) is 6.92 Å². The Kier molecular flexibility index (Phi) is 11.4. The van der Waals surface area contributed by atoms with Gasteiger partial charge in [-0.25, -0.2) is 0 Å². The summed E-state index contributed by atoms with van der Waals surface area (Å²) < 4.78 is 0. The van der Waals surface area contributed by atoms with Gasteiger partial charge in [-0.2, -0.15) is 0 Å². The van der Waals surface area contributed by atoms with Gasteiger partial charge in [-0.05, 0) is 170 Å². The van der Waals surface area contributed by atoms with Crippen molar-refractivity contribution in [1.29, 1.82) is 0 Å². The molecule has 0 aliphatic heterocycles. The van der Waals surface area contributed by atoms with E-state index in [9.17, 15) is 0 Å². The fraction of sp³-hybridized carbons (Fsp3) is 0.410. The van der Waals surface area contributed by atoms with Crippen LogP contribution in [0.15, 0.2) is 121 Å². The van der Waals surface area contributed by atoms with E-state index >= 15 is 0 Å². The summed E-state index contributed by atoms with van der Waals surface area (Å²) in [6, 6.07) is 46.2. The van der Waals surface area contributed by atoms with Gasteiger partial charge in [-0.15, -0.1) is 0 Å². The first-order valence-corrected chi connectivity index (χ1v) is 24.2. The molecule has 0 radical (unpaired) electrons. The van der Waals surface area contributed by atoms with Crippen molar-refractivity contribution in [3.8, 4) is 11.1 Å². The second-order valence-corrected chi connectivity index (χ2v) is 24.4. The van der Waals surface area contributed by atoms with Crippen LogP contribution in [0.25, 0.3) is 11.1 Å². The first-order chi connectivity index (χ1) is 29.8. The predicted octanol–water partition coefficient (Wildman–Crippen LogP) is 18.5. The maximum absolute atomic E-state index is 7.50. The molecule has 2 nitrogen and oxygen atoms in total. The lowest BCUT2D eigenvalue weighted by atomic mass is 9.63.